The van der Waals surface area contributed by atoms with Crippen LogP contribution in [0.4, 0.5) is 0 Å². The maximum atomic E-state index is 12.0. The quantitative estimate of drug-likeness (QED) is 0.699. The SMILES string of the molecule is CC1CC(C(=O)N(CCCl)CCCl)CO1. The molecule has 0 aromatic rings. The van der Waals surface area contributed by atoms with E-state index in [1.807, 2.05) is 6.92 Å². The van der Waals surface area contributed by atoms with Crippen LogP contribution >= 0.6 is 23.2 Å². The van der Waals surface area contributed by atoms with E-state index in [1.165, 1.54) is 0 Å². The number of ether oxygens (including phenoxy) is 1. The Hall–Kier alpha value is 0.01000. The second-order valence-corrected chi connectivity index (χ2v) is 4.54. The standard InChI is InChI=1S/C10H17Cl2NO2/c1-8-6-9(7-15-8)10(14)13(4-2-11)5-3-12/h8-9H,2-7H2,1H3. The summed E-state index contributed by atoms with van der Waals surface area (Å²) in [4.78, 5) is 13.7. The van der Waals surface area contributed by atoms with Gasteiger partial charge in [-0.15, -0.1) is 23.2 Å². The van der Waals surface area contributed by atoms with Gasteiger partial charge in [-0.25, -0.2) is 0 Å². The lowest BCUT2D eigenvalue weighted by molar-refractivity contribution is -0.135. The molecule has 3 nitrogen and oxygen atoms in total. The first-order chi connectivity index (χ1) is 7.19. The minimum atomic E-state index is -0.00793. The first kappa shape index (κ1) is 13.1. The molecule has 2 atom stereocenters. The third-order valence-corrected chi connectivity index (χ3v) is 2.91. The molecule has 1 fully saturated rings. The third-order valence-electron chi connectivity index (χ3n) is 2.57. The zero-order valence-corrected chi connectivity index (χ0v) is 10.4. The smallest absolute Gasteiger partial charge is 0.228 e. The maximum Gasteiger partial charge on any atom is 0.228 e. The van der Waals surface area contributed by atoms with Crippen LogP contribution in [0.3, 0.4) is 0 Å². The van der Waals surface area contributed by atoms with Crippen LogP contribution in [0.5, 0.6) is 0 Å². The molecule has 1 aliphatic rings. The lowest BCUT2D eigenvalue weighted by Gasteiger charge is -2.23. The van der Waals surface area contributed by atoms with Crippen molar-refractivity contribution in [1.82, 2.24) is 4.90 Å². The molecule has 0 aliphatic carbocycles. The fourth-order valence-electron chi connectivity index (χ4n) is 1.78. The van der Waals surface area contributed by atoms with Crippen molar-refractivity contribution in [3.05, 3.63) is 0 Å². The van der Waals surface area contributed by atoms with E-state index >= 15 is 0 Å². The molecule has 0 aromatic carbocycles. The van der Waals surface area contributed by atoms with Crippen LogP contribution in [0, 0.1) is 5.92 Å². The molecule has 0 spiro atoms. The highest BCUT2D eigenvalue weighted by Crippen LogP contribution is 2.21. The third kappa shape index (κ3) is 3.82. The lowest BCUT2D eigenvalue weighted by atomic mass is 10.0. The molecule has 0 radical (unpaired) electrons. The fraction of sp³-hybridized carbons (Fsp3) is 0.900. The summed E-state index contributed by atoms with van der Waals surface area (Å²) in [6.45, 7) is 3.65. The predicted molar refractivity (Wildman–Crippen MR) is 61.5 cm³/mol. The van der Waals surface area contributed by atoms with Crippen LogP contribution in [-0.2, 0) is 9.53 Å². The maximum absolute atomic E-state index is 12.0. The monoisotopic (exact) mass is 253 g/mol. The molecule has 0 saturated carbocycles. The van der Waals surface area contributed by atoms with Crippen LogP contribution in [0.25, 0.3) is 0 Å². The predicted octanol–water partition coefficient (Wildman–Crippen LogP) is 1.72. The Labute approximate surface area is 101 Å². The number of nitrogens with zero attached hydrogens (tertiary/aromatic N) is 1. The first-order valence-corrected chi connectivity index (χ1v) is 6.28. The molecule has 1 heterocycles. The summed E-state index contributed by atoms with van der Waals surface area (Å²) in [6, 6.07) is 0. The Bertz CT molecular complexity index is 208. The van der Waals surface area contributed by atoms with Gasteiger partial charge in [0.2, 0.25) is 5.91 Å². The zero-order chi connectivity index (χ0) is 11.3. The Morgan fingerprint density at radius 2 is 2.00 bits per heavy atom. The number of alkyl halides is 2. The Kier molecular flexibility index (Phi) is 5.72. The minimum absolute atomic E-state index is 0.00793. The van der Waals surface area contributed by atoms with Crippen molar-refractivity contribution in [2.75, 3.05) is 31.5 Å². The van der Waals surface area contributed by atoms with E-state index in [9.17, 15) is 4.79 Å². The van der Waals surface area contributed by atoms with Gasteiger partial charge in [-0.3, -0.25) is 4.79 Å². The first-order valence-electron chi connectivity index (χ1n) is 5.21. The normalized spacial score (nSPS) is 25.5. The molecule has 0 bridgehead atoms. The van der Waals surface area contributed by atoms with Crippen LogP contribution in [-0.4, -0.2) is 48.4 Å². The number of amides is 1. The van der Waals surface area contributed by atoms with Crippen LogP contribution in [0.15, 0.2) is 0 Å². The average Bonchev–Trinajstić information content (AvgIpc) is 2.63. The summed E-state index contributed by atoms with van der Waals surface area (Å²) in [5, 5.41) is 0. The van der Waals surface area contributed by atoms with Crippen molar-refractivity contribution in [3.8, 4) is 0 Å². The number of rotatable bonds is 5. The van der Waals surface area contributed by atoms with Crippen molar-refractivity contribution in [3.63, 3.8) is 0 Å². The van der Waals surface area contributed by atoms with Gasteiger partial charge in [0.15, 0.2) is 0 Å². The van der Waals surface area contributed by atoms with E-state index in [1.54, 1.807) is 4.90 Å². The molecule has 0 aromatic heterocycles. The average molecular weight is 254 g/mol. The van der Waals surface area contributed by atoms with E-state index in [4.69, 9.17) is 27.9 Å². The Balaban J connectivity index is 2.47. The van der Waals surface area contributed by atoms with E-state index in [0.29, 0.717) is 31.5 Å². The highest BCUT2D eigenvalue weighted by Gasteiger charge is 2.31. The second-order valence-electron chi connectivity index (χ2n) is 3.78. The minimum Gasteiger partial charge on any atom is -0.378 e. The molecule has 1 saturated heterocycles. The molecule has 5 heteroatoms. The summed E-state index contributed by atoms with van der Waals surface area (Å²) in [6.07, 6.45) is 0.993. The molecule has 1 aliphatic heterocycles. The van der Waals surface area contributed by atoms with E-state index < -0.39 is 0 Å². The van der Waals surface area contributed by atoms with Gasteiger partial charge in [-0.05, 0) is 13.3 Å². The Morgan fingerprint density at radius 3 is 2.40 bits per heavy atom. The van der Waals surface area contributed by atoms with Gasteiger partial charge in [0.05, 0.1) is 18.6 Å². The number of carbonyl (C=O) groups excluding carboxylic acids is 1. The van der Waals surface area contributed by atoms with Gasteiger partial charge in [-0.2, -0.15) is 0 Å². The number of hydrogen-bond acceptors (Lipinski definition) is 2. The topological polar surface area (TPSA) is 29.5 Å². The summed E-state index contributed by atoms with van der Waals surface area (Å²) in [5.41, 5.74) is 0. The number of carbonyl (C=O) groups is 1. The molecular weight excluding hydrogens is 237 g/mol. The summed E-state index contributed by atoms with van der Waals surface area (Å²) in [5.74, 6) is 1.02. The van der Waals surface area contributed by atoms with Gasteiger partial charge in [-0.1, -0.05) is 0 Å². The van der Waals surface area contributed by atoms with Crippen LogP contribution < -0.4 is 0 Å². The van der Waals surface area contributed by atoms with Crippen LogP contribution in [0.1, 0.15) is 13.3 Å². The summed E-state index contributed by atoms with van der Waals surface area (Å²) < 4.78 is 5.38. The fourth-order valence-corrected chi connectivity index (χ4v) is 2.19. The highest BCUT2D eigenvalue weighted by atomic mass is 35.5. The Morgan fingerprint density at radius 1 is 1.40 bits per heavy atom. The molecule has 2 unspecified atom stereocenters. The summed E-state index contributed by atoms with van der Waals surface area (Å²) >= 11 is 11.3. The molecule has 0 N–H and O–H groups in total. The van der Waals surface area contributed by atoms with Crippen molar-refractivity contribution >= 4 is 29.1 Å². The van der Waals surface area contributed by atoms with E-state index in [2.05, 4.69) is 0 Å². The largest absolute Gasteiger partial charge is 0.378 e. The van der Waals surface area contributed by atoms with Crippen molar-refractivity contribution in [1.29, 1.82) is 0 Å². The molecule has 15 heavy (non-hydrogen) atoms. The summed E-state index contributed by atoms with van der Waals surface area (Å²) in [7, 11) is 0. The second kappa shape index (κ2) is 6.56. The highest BCUT2D eigenvalue weighted by molar-refractivity contribution is 6.18. The van der Waals surface area contributed by atoms with Crippen LogP contribution in [0.2, 0.25) is 0 Å². The molecule has 1 rings (SSSR count). The van der Waals surface area contributed by atoms with Crippen molar-refractivity contribution in [2.45, 2.75) is 19.4 Å². The van der Waals surface area contributed by atoms with Crippen molar-refractivity contribution in [2.24, 2.45) is 5.92 Å². The zero-order valence-electron chi connectivity index (χ0n) is 8.92. The van der Waals surface area contributed by atoms with Gasteiger partial charge in [0.1, 0.15) is 0 Å². The van der Waals surface area contributed by atoms with Gasteiger partial charge in [0.25, 0.3) is 0 Å². The van der Waals surface area contributed by atoms with E-state index in [-0.39, 0.29) is 17.9 Å². The number of hydrogen-bond donors (Lipinski definition) is 0. The van der Waals surface area contributed by atoms with Gasteiger partial charge >= 0.3 is 0 Å². The van der Waals surface area contributed by atoms with E-state index in [0.717, 1.165) is 6.42 Å². The van der Waals surface area contributed by atoms with Gasteiger partial charge in [0, 0.05) is 24.8 Å². The van der Waals surface area contributed by atoms with Gasteiger partial charge < -0.3 is 9.64 Å². The molecule has 1 amide bonds. The molecular formula is C10H17Cl2NO2. The lowest BCUT2D eigenvalue weighted by Crippen LogP contribution is -2.39. The molecule has 88 valence electrons. The number of halogens is 2. The van der Waals surface area contributed by atoms with Crippen molar-refractivity contribution < 1.29 is 9.53 Å².